The van der Waals surface area contributed by atoms with Gasteiger partial charge in [-0.25, -0.2) is 0 Å². The van der Waals surface area contributed by atoms with E-state index in [-0.39, 0.29) is 0 Å². The van der Waals surface area contributed by atoms with Gasteiger partial charge in [0.25, 0.3) is 0 Å². The number of rotatable bonds is 8. The molecule has 1 saturated heterocycles. The van der Waals surface area contributed by atoms with Gasteiger partial charge in [0.05, 0.1) is 27.4 Å². The molecule has 2 rings (SSSR count). The lowest BCUT2D eigenvalue weighted by molar-refractivity contribution is -0.319. The molecule has 1 aliphatic rings. The minimum Gasteiger partial charge on any atom is -0.493 e. The molecule has 0 spiro atoms. The number of hydrogen-bond donors (Lipinski definition) is 6. The van der Waals surface area contributed by atoms with Gasteiger partial charge in [-0.1, -0.05) is 6.07 Å². The molecule has 1 aromatic carbocycles. The van der Waals surface area contributed by atoms with E-state index < -0.39 is 56.1 Å². The molecular weight excluding hydrogens is 364 g/mol. The van der Waals surface area contributed by atoms with Crippen LogP contribution in [0.2, 0.25) is 0 Å². The van der Waals surface area contributed by atoms with Crippen LogP contribution in [0.4, 0.5) is 0 Å². The molecular formula is C17H26O10. The molecule has 1 aromatic rings. The van der Waals surface area contributed by atoms with E-state index in [1.807, 2.05) is 0 Å². The number of aliphatic hydroxyl groups excluding tert-OH is 6. The van der Waals surface area contributed by atoms with Crippen LogP contribution >= 0.6 is 0 Å². The molecule has 1 aliphatic heterocycles. The van der Waals surface area contributed by atoms with Gasteiger partial charge in [-0.15, -0.1) is 0 Å². The molecule has 0 amide bonds. The third-order valence-electron chi connectivity index (χ3n) is 4.44. The van der Waals surface area contributed by atoms with Crippen LogP contribution in [0.25, 0.3) is 0 Å². The Kier molecular flexibility index (Phi) is 7.77. The van der Waals surface area contributed by atoms with Gasteiger partial charge in [0, 0.05) is 0 Å². The minimum absolute atomic E-state index is 0.344. The van der Waals surface area contributed by atoms with Gasteiger partial charge in [0.1, 0.15) is 36.6 Å². The molecule has 154 valence electrons. The van der Waals surface area contributed by atoms with Crippen LogP contribution in [-0.2, 0) is 9.47 Å². The first-order chi connectivity index (χ1) is 12.9. The standard InChI is InChI=1S/C17H26O10/c1-24-9-4-3-8(5-10(9)25-2)13(20)11(6-18)26-17-16(23)15(22)14(21)12(7-19)27-17/h3-5,11-23H,6-7H2,1-2H3/t11-,12+,13+,14+,15-,16+,17+/m0/s1. The summed E-state index contributed by atoms with van der Waals surface area (Å²) in [7, 11) is 2.90. The Labute approximate surface area is 156 Å². The maximum Gasteiger partial charge on any atom is 0.187 e. The van der Waals surface area contributed by atoms with Crippen molar-refractivity contribution in [3.8, 4) is 11.5 Å². The highest BCUT2D eigenvalue weighted by Gasteiger charge is 2.45. The van der Waals surface area contributed by atoms with Crippen molar-refractivity contribution in [3.63, 3.8) is 0 Å². The summed E-state index contributed by atoms with van der Waals surface area (Å²) in [5, 5.41) is 59.0. The number of methoxy groups -OCH3 is 2. The van der Waals surface area contributed by atoms with Crippen LogP contribution in [0.1, 0.15) is 11.7 Å². The van der Waals surface area contributed by atoms with Gasteiger partial charge in [-0.05, 0) is 17.7 Å². The lowest BCUT2D eigenvalue weighted by Gasteiger charge is -2.41. The number of hydrogen-bond acceptors (Lipinski definition) is 10. The second-order valence-electron chi connectivity index (χ2n) is 6.11. The van der Waals surface area contributed by atoms with Crippen LogP contribution in [0.5, 0.6) is 11.5 Å². The summed E-state index contributed by atoms with van der Waals surface area (Å²) in [6, 6.07) is 4.62. The number of aliphatic hydroxyl groups is 6. The van der Waals surface area contributed by atoms with Crippen LogP contribution in [0, 0.1) is 0 Å². The molecule has 7 atom stereocenters. The fraction of sp³-hybridized carbons (Fsp3) is 0.647. The third kappa shape index (κ3) is 4.68. The van der Waals surface area contributed by atoms with E-state index in [1.165, 1.54) is 20.3 Å². The average molecular weight is 390 g/mol. The van der Waals surface area contributed by atoms with E-state index in [4.69, 9.17) is 18.9 Å². The largest absolute Gasteiger partial charge is 0.493 e. The zero-order chi connectivity index (χ0) is 20.1. The lowest BCUT2D eigenvalue weighted by atomic mass is 9.99. The molecule has 6 N–H and O–H groups in total. The Morgan fingerprint density at radius 2 is 1.67 bits per heavy atom. The van der Waals surface area contributed by atoms with Crippen molar-refractivity contribution in [2.24, 2.45) is 0 Å². The Bertz CT molecular complexity index is 595. The summed E-state index contributed by atoms with van der Waals surface area (Å²) in [4.78, 5) is 0. The van der Waals surface area contributed by atoms with E-state index in [0.29, 0.717) is 17.1 Å². The average Bonchev–Trinajstić information content (AvgIpc) is 2.70. The molecule has 0 radical (unpaired) electrons. The lowest BCUT2D eigenvalue weighted by Crippen LogP contribution is -2.60. The highest BCUT2D eigenvalue weighted by Crippen LogP contribution is 2.32. The van der Waals surface area contributed by atoms with Crippen LogP contribution in [-0.4, -0.2) is 94.9 Å². The fourth-order valence-electron chi connectivity index (χ4n) is 2.82. The summed E-state index contributed by atoms with van der Waals surface area (Å²) in [5.41, 5.74) is 0.344. The summed E-state index contributed by atoms with van der Waals surface area (Å²) < 4.78 is 20.9. The molecule has 10 heteroatoms. The van der Waals surface area contributed by atoms with Crippen molar-refractivity contribution in [2.45, 2.75) is 42.9 Å². The van der Waals surface area contributed by atoms with Gasteiger partial charge in [-0.3, -0.25) is 0 Å². The maximum atomic E-state index is 10.5. The zero-order valence-corrected chi connectivity index (χ0v) is 15.0. The topological polar surface area (TPSA) is 158 Å². The predicted molar refractivity (Wildman–Crippen MR) is 90.2 cm³/mol. The maximum absolute atomic E-state index is 10.5. The Morgan fingerprint density at radius 1 is 1.00 bits per heavy atom. The van der Waals surface area contributed by atoms with Gasteiger partial charge < -0.3 is 49.6 Å². The third-order valence-corrected chi connectivity index (χ3v) is 4.44. The van der Waals surface area contributed by atoms with E-state index in [0.717, 1.165) is 0 Å². The molecule has 1 heterocycles. The molecule has 10 nitrogen and oxygen atoms in total. The molecule has 0 aliphatic carbocycles. The first kappa shape index (κ1) is 21.8. The van der Waals surface area contributed by atoms with Crippen molar-refractivity contribution < 1.29 is 49.6 Å². The normalized spacial score (nSPS) is 30.6. The smallest absolute Gasteiger partial charge is 0.187 e. The van der Waals surface area contributed by atoms with E-state index in [2.05, 4.69) is 0 Å². The zero-order valence-electron chi connectivity index (χ0n) is 15.0. The van der Waals surface area contributed by atoms with Gasteiger partial charge in [0.15, 0.2) is 17.8 Å². The van der Waals surface area contributed by atoms with E-state index in [9.17, 15) is 30.6 Å². The molecule has 0 unspecified atom stereocenters. The Balaban J connectivity index is 2.16. The van der Waals surface area contributed by atoms with Crippen LogP contribution in [0.15, 0.2) is 18.2 Å². The summed E-state index contributed by atoms with van der Waals surface area (Å²) in [6.07, 6.45) is -10.0. The first-order valence-electron chi connectivity index (χ1n) is 8.34. The van der Waals surface area contributed by atoms with Crippen molar-refractivity contribution >= 4 is 0 Å². The Hall–Kier alpha value is -1.50. The predicted octanol–water partition coefficient (Wildman–Crippen LogP) is -2.09. The highest BCUT2D eigenvalue weighted by atomic mass is 16.7. The van der Waals surface area contributed by atoms with E-state index in [1.54, 1.807) is 12.1 Å². The molecule has 1 fully saturated rings. The quantitative estimate of drug-likeness (QED) is 0.291. The van der Waals surface area contributed by atoms with Gasteiger partial charge in [0.2, 0.25) is 0 Å². The van der Waals surface area contributed by atoms with Crippen LogP contribution in [0.3, 0.4) is 0 Å². The van der Waals surface area contributed by atoms with Crippen molar-refractivity contribution in [1.29, 1.82) is 0 Å². The molecule has 27 heavy (non-hydrogen) atoms. The minimum atomic E-state index is -1.64. The summed E-state index contributed by atoms with van der Waals surface area (Å²) in [6.45, 7) is -1.25. The fourth-order valence-corrected chi connectivity index (χ4v) is 2.82. The van der Waals surface area contributed by atoms with Crippen molar-refractivity contribution in [2.75, 3.05) is 27.4 Å². The SMILES string of the molecule is COc1ccc([C@@H](O)[C@H](CO)O[C@@H]2O[C@H](CO)[C@@H](O)[C@H](O)[C@H]2O)cc1OC. The van der Waals surface area contributed by atoms with Crippen molar-refractivity contribution in [3.05, 3.63) is 23.8 Å². The molecule has 0 aromatic heterocycles. The van der Waals surface area contributed by atoms with Crippen molar-refractivity contribution in [1.82, 2.24) is 0 Å². The highest BCUT2D eigenvalue weighted by molar-refractivity contribution is 5.43. The first-order valence-corrected chi connectivity index (χ1v) is 8.34. The monoisotopic (exact) mass is 390 g/mol. The Morgan fingerprint density at radius 3 is 2.22 bits per heavy atom. The number of benzene rings is 1. The second kappa shape index (κ2) is 9.62. The van der Waals surface area contributed by atoms with Crippen LogP contribution < -0.4 is 9.47 Å². The van der Waals surface area contributed by atoms with E-state index >= 15 is 0 Å². The van der Waals surface area contributed by atoms with Gasteiger partial charge >= 0.3 is 0 Å². The summed E-state index contributed by atoms with van der Waals surface area (Å²) >= 11 is 0. The molecule has 0 saturated carbocycles. The molecule has 0 bridgehead atoms. The number of ether oxygens (including phenoxy) is 4. The second-order valence-corrected chi connectivity index (χ2v) is 6.11. The van der Waals surface area contributed by atoms with Gasteiger partial charge in [-0.2, -0.15) is 0 Å². The summed E-state index contributed by atoms with van der Waals surface area (Å²) in [5.74, 6) is 0.808.